The summed E-state index contributed by atoms with van der Waals surface area (Å²) in [6, 6.07) is 8.47. The maximum Gasteiger partial charge on any atom is 0.329 e. The van der Waals surface area contributed by atoms with Crippen molar-refractivity contribution in [2.24, 2.45) is 5.92 Å². The Morgan fingerprint density at radius 2 is 1.69 bits per heavy atom. The molecule has 1 aromatic carbocycles. The quantitative estimate of drug-likeness (QED) is 0.820. The first-order valence-electron chi connectivity index (χ1n) is 11.8. The highest BCUT2D eigenvalue weighted by molar-refractivity contribution is 5.76. The molecule has 2 aromatic rings. The van der Waals surface area contributed by atoms with Crippen LogP contribution in [0.5, 0.6) is 0 Å². The Morgan fingerprint density at radius 3 is 2.38 bits per heavy atom. The van der Waals surface area contributed by atoms with E-state index in [1.165, 1.54) is 44.9 Å². The highest BCUT2D eigenvalue weighted by Gasteiger charge is 2.32. The summed E-state index contributed by atoms with van der Waals surface area (Å²) in [4.78, 5) is 15.7. The van der Waals surface area contributed by atoms with Crippen molar-refractivity contribution in [1.29, 1.82) is 0 Å². The molecule has 29 heavy (non-hydrogen) atoms. The van der Waals surface area contributed by atoms with Gasteiger partial charge in [-0.1, -0.05) is 44.2 Å². The van der Waals surface area contributed by atoms with Gasteiger partial charge >= 0.3 is 5.69 Å². The van der Waals surface area contributed by atoms with Gasteiger partial charge in [0.25, 0.3) is 0 Å². The second-order valence-electron chi connectivity index (χ2n) is 9.11. The Balaban J connectivity index is 1.51. The smallest absolute Gasteiger partial charge is 0.329 e. The fourth-order valence-corrected chi connectivity index (χ4v) is 5.69. The number of aryl methyl sites for hydroxylation is 1. The number of fused-ring (bicyclic) bond motifs is 1. The Bertz CT molecular complexity index is 847. The van der Waals surface area contributed by atoms with Crippen molar-refractivity contribution in [2.75, 3.05) is 19.7 Å². The molecule has 5 nitrogen and oxygen atoms in total. The summed E-state index contributed by atoms with van der Waals surface area (Å²) < 4.78 is 3.89. The SMILES string of the molecule is CCn1c(=O)n(C2CCN(CC3CCCCCCC3)C(CO)C2)c2ccccc21. The van der Waals surface area contributed by atoms with Crippen LogP contribution in [0, 0.1) is 5.92 Å². The lowest BCUT2D eigenvalue weighted by Gasteiger charge is -2.41. The van der Waals surface area contributed by atoms with Crippen LogP contribution in [0.4, 0.5) is 0 Å². The number of aliphatic hydroxyl groups excluding tert-OH is 1. The highest BCUT2D eigenvalue weighted by Crippen LogP contribution is 2.31. The van der Waals surface area contributed by atoms with Gasteiger partial charge in [-0.2, -0.15) is 0 Å². The number of rotatable bonds is 5. The van der Waals surface area contributed by atoms with E-state index < -0.39 is 0 Å². The third-order valence-corrected chi connectivity index (χ3v) is 7.29. The van der Waals surface area contributed by atoms with Crippen LogP contribution >= 0.6 is 0 Å². The zero-order chi connectivity index (χ0) is 20.2. The summed E-state index contributed by atoms with van der Waals surface area (Å²) in [5, 5.41) is 10.2. The molecule has 2 atom stereocenters. The normalized spacial score (nSPS) is 25.2. The first-order chi connectivity index (χ1) is 14.2. The molecule has 1 saturated heterocycles. The van der Waals surface area contributed by atoms with Gasteiger partial charge in [-0.05, 0) is 50.7 Å². The lowest BCUT2D eigenvalue weighted by Crippen LogP contribution is -2.48. The van der Waals surface area contributed by atoms with Crippen LogP contribution in [0.15, 0.2) is 29.1 Å². The minimum atomic E-state index is 0.101. The molecule has 2 aliphatic rings. The number of likely N-dealkylation sites (tertiary alicyclic amines) is 1. The largest absolute Gasteiger partial charge is 0.395 e. The van der Waals surface area contributed by atoms with Crippen LogP contribution in [-0.4, -0.2) is 44.9 Å². The van der Waals surface area contributed by atoms with Crippen molar-refractivity contribution >= 4 is 11.0 Å². The summed E-state index contributed by atoms with van der Waals surface area (Å²) in [5.41, 5.74) is 2.16. The maximum atomic E-state index is 13.1. The summed E-state index contributed by atoms with van der Waals surface area (Å²) >= 11 is 0. The van der Waals surface area contributed by atoms with E-state index in [9.17, 15) is 9.90 Å². The van der Waals surface area contributed by atoms with Crippen molar-refractivity contribution in [3.63, 3.8) is 0 Å². The number of aliphatic hydroxyl groups is 1. The van der Waals surface area contributed by atoms with E-state index in [2.05, 4.69) is 11.0 Å². The minimum Gasteiger partial charge on any atom is -0.395 e. The van der Waals surface area contributed by atoms with Gasteiger partial charge < -0.3 is 5.11 Å². The fourth-order valence-electron chi connectivity index (χ4n) is 5.69. The first-order valence-corrected chi connectivity index (χ1v) is 11.8. The molecule has 0 bridgehead atoms. The lowest BCUT2D eigenvalue weighted by atomic mass is 9.89. The molecule has 160 valence electrons. The van der Waals surface area contributed by atoms with Gasteiger partial charge in [0.2, 0.25) is 0 Å². The zero-order valence-corrected chi connectivity index (χ0v) is 17.9. The molecule has 1 saturated carbocycles. The topological polar surface area (TPSA) is 50.4 Å². The number of imidazole rings is 1. The third-order valence-electron chi connectivity index (χ3n) is 7.29. The third kappa shape index (κ3) is 4.31. The predicted molar refractivity (Wildman–Crippen MR) is 118 cm³/mol. The molecule has 0 radical (unpaired) electrons. The van der Waals surface area contributed by atoms with Gasteiger partial charge in [0.05, 0.1) is 17.6 Å². The first kappa shape index (κ1) is 20.7. The molecule has 2 heterocycles. The number of aromatic nitrogens is 2. The van der Waals surface area contributed by atoms with Crippen molar-refractivity contribution < 1.29 is 5.11 Å². The molecule has 4 rings (SSSR count). The van der Waals surface area contributed by atoms with Crippen LogP contribution < -0.4 is 5.69 Å². The van der Waals surface area contributed by atoms with E-state index >= 15 is 0 Å². The van der Waals surface area contributed by atoms with E-state index in [0.717, 1.165) is 42.9 Å². The summed E-state index contributed by atoms with van der Waals surface area (Å²) in [5.74, 6) is 0.769. The lowest BCUT2D eigenvalue weighted by molar-refractivity contribution is 0.0517. The van der Waals surface area contributed by atoms with E-state index in [4.69, 9.17) is 0 Å². The van der Waals surface area contributed by atoms with Crippen LogP contribution in [0.3, 0.4) is 0 Å². The van der Waals surface area contributed by atoms with E-state index in [-0.39, 0.29) is 24.4 Å². The predicted octanol–water partition coefficient (Wildman–Crippen LogP) is 4.18. The van der Waals surface area contributed by atoms with Gasteiger partial charge in [-0.25, -0.2) is 4.79 Å². The van der Waals surface area contributed by atoms with Crippen LogP contribution in [0.1, 0.15) is 70.8 Å². The van der Waals surface area contributed by atoms with Gasteiger partial charge in [0.15, 0.2) is 0 Å². The molecule has 0 amide bonds. The molecule has 5 heteroatoms. The summed E-state index contributed by atoms with van der Waals surface area (Å²) in [6.45, 7) is 5.00. The maximum absolute atomic E-state index is 13.1. The number of hydrogen-bond acceptors (Lipinski definition) is 3. The average molecular weight is 400 g/mol. The standard InChI is InChI=1S/C24H37N3O2/c1-2-26-22-12-8-9-13-23(22)27(24(26)29)20-14-15-25(21(16-20)18-28)17-19-10-6-4-3-5-7-11-19/h8-9,12-13,19-21,28H,2-7,10-11,14-18H2,1H3. The Kier molecular flexibility index (Phi) is 6.76. The second-order valence-corrected chi connectivity index (χ2v) is 9.11. The van der Waals surface area contributed by atoms with Crippen molar-refractivity contribution in [2.45, 2.75) is 83.3 Å². The van der Waals surface area contributed by atoms with Crippen LogP contribution in [0.2, 0.25) is 0 Å². The molecular formula is C24H37N3O2. The molecule has 1 aliphatic carbocycles. The monoisotopic (exact) mass is 399 g/mol. The Labute approximate surface area is 174 Å². The molecule has 1 aromatic heterocycles. The fraction of sp³-hybridized carbons (Fsp3) is 0.708. The minimum absolute atomic E-state index is 0.101. The molecule has 1 aliphatic heterocycles. The number of hydrogen-bond donors (Lipinski definition) is 1. The number of nitrogens with zero attached hydrogens (tertiary/aromatic N) is 3. The van der Waals surface area contributed by atoms with Crippen molar-refractivity contribution in [1.82, 2.24) is 14.0 Å². The van der Waals surface area contributed by atoms with Gasteiger partial charge in [-0.15, -0.1) is 0 Å². The highest BCUT2D eigenvalue weighted by atomic mass is 16.3. The van der Waals surface area contributed by atoms with E-state index in [1.807, 2.05) is 34.3 Å². The number of para-hydroxylation sites is 2. The summed E-state index contributed by atoms with van der Waals surface area (Å²) in [7, 11) is 0. The number of benzene rings is 1. The van der Waals surface area contributed by atoms with Gasteiger partial charge in [0.1, 0.15) is 0 Å². The van der Waals surface area contributed by atoms with Gasteiger partial charge in [0, 0.05) is 31.7 Å². The summed E-state index contributed by atoms with van der Waals surface area (Å²) in [6.07, 6.45) is 11.4. The zero-order valence-electron chi connectivity index (χ0n) is 17.9. The average Bonchev–Trinajstić information content (AvgIpc) is 3.01. The number of piperidine rings is 1. The molecular weight excluding hydrogens is 362 g/mol. The van der Waals surface area contributed by atoms with Crippen molar-refractivity contribution in [3.8, 4) is 0 Å². The van der Waals surface area contributed by atoms with Crippen LogP contribution in [0.25, 0.3) is 11.0 Å². The van der Waals surface area contributed by atoms with Gasteiger partial charge in [-0.3, -0.25) is 14.0 Å². The van der Waals surface area contributed by atoms with E-state index in [1.54, 1.807) is 0 Å². The molecule has 0 spiro atoms. The molecule has 1 N–H and O–H groups in total. The molecule has 2 fully saturated rings. The van der Waals surface area contributed by atoms with Crippen molar-refractivity contribution in [3.05, 3.63) is 34.7 Å². The Morgan fingerprint density at radius 1 is 1.00 bits per heavy atom. The molecule has 2 unspecified atom stereocenters. The van der Waals surface area contributed by atoms with Crippen LogP contribution in [-0.2, 0) is 6.54 Å². The van der Waals surface area contributed by atoms with E-state index in [0.29, 0.717) is 6.54 Å². The second kappa shape index (κ2) is 9.48. The Hall–Kier alpha value is -1.59.